The van der Waals surface area contributed by atoms with Gasteiger partial charge in [-0.25, -0.2) is 0 Å². The Morgan fingerprint density at radius 1 is 1.40 bits per heavy atom. The maximum Gasteiger partial charge on any atom is 0.240 e. The predicted octanol–water partition coefficient (Wildman–Crippen LogP) is 2.71. The van der Waals surface area contributed by atoms with Crippen molar-refractivity contribution in [3.05, 3.63) is 21.9 Å². The monoisotopic (exact) mass is 332 g/mol. The smallest absolute Gasteiger partial charge is 0.240 e. The molecule has 1 amide bonds. The Kier molecular flexibility index (Phi) is 5.78. The number of thiophene rings is 1. The Bertz CT molecular complexity index is 458. The third kappa shape index (κ3) is 3.16. The number of carbonyl (C=O) groups is 1. The first-order valence-corrected chi connectivity index (χ1v) is 8.86. The molecule has 0 radical (unpaired) electrons. The molecule has 20 heavy (non-hydrogen) atoms. The average Bonchev–Trinajstić information content (AvgIpc) is 2.95. The number of fused-ring (bicyclic) bond motifs is 1. The highest BCUT2D eigenvalue weighted by Crippen LogP contribution is 2.40. The van der Waals surface area contributed by atoms with Crippen molar-refractivity contribution in [2.24, 2.45) is 0 Å². The second-order valence-electron chi connectivity index (χ2n) is 5.19. The Labute approximate surface area is 134 Å². The molecule has 1 aromatic rings. The Morgan fingerprint density at radius 2 is 2.15 bits per heavy atom. The lowest BCUT2D eigenvalue weighted by atomic mass is 10.0. The maximum absolute atomic E-state index is 12.7. The number of thioether (sulfide) groups is 1. The predicted molar refractivity (Wildman–Crippen MR) is 89.1 cm³/mol. The zero-order chi connectivity index (χ0) is 13.2. The van der Waals surface area contributed by atoms with E-state index in [4.69, 9.17) is 0 Å². The lowest BCUT2D eigenvalue weighted by molar-refractivity contribution is -0.131. The Hall–Kier alpha value is -0.230. The number of hydrogen-bond acceptors (Lipinski definition) is 4. The van der Waals surface area contributed by atoms with E-state index in [-0.39, 0.29) is 17.7 Å². The van der Waals surface area contributed by atoms with Gasteiger partial charge < -0.3 is 10.2 Å². The van der Waals surface area contributed by atoms with Gasteiger partial charge >= 0.3 is 0 Å². The van der Waals surface area contributed by atoms with Gasteiger partial charge in [-0.1, -0.05) is 0 Å². The Morgan fingerprint density at radius 3 is 2.85 bits per heavy atom. The molecule has 1 N–H and O–H groups in total. The lowest BCUT2D eigenvalue weighted by Gasteiger charge is -2.35. The first kappa shape index (κ1) is 16.1. The van der Waals surface area contributed by atoms with Crippen LogP contribution in [0.25, 0.3) is 0 Å². The third-order valence-electron chi connectivity index (χ3n) is 4.12. The van der Waals surface area contributed by atoms with Gasteiger partial charge in [0.15, 0.2) is 0 Å². The number of nitrogens with one attached hydrogen (secondary N) is 1. The van der Waals surface area contributed by atoms with Crippen LogP contribution in [0.4, 0.5) is 0 Å². The minimum Gasteiger partial charge on any atom is -0.341 e. The number of hydrogen-bond donors (Lipinski definition) is 1. The van der Waals surface area contributed by atoms with Crippen molar-refractivity contribution >= 4 is 41.4 Å². The molecule has 3 rings (SSSR count). The standard InChI is InChI=1S/C14H20N2OS2.ClH/c1-15-10-2-6-16(7-3-10)14(17)13-11-4-8-18-12(11)5-9-19-13;/h4,8,10,13,15H,2-3,5-7,9H2,1H3;1H. The fourth-order valence-corrected chi connectivity index (χ4v) is 5.28. The van der Waals surface area contributed by atoms with Crippen molar-refractivity contribution in [3.63, 3.8) is 0 Å². The van der Waals surface area contributed by atoms with Gasteiger partial charge in [0.05, 0.1) is 0 Å². The molecule has 2 aliphatic heterocycles. The summed E-state index contributed by atoms with van der Waals surface area (Å²) < 4.78 is 0. The second-order valence-corrected chi connectivity index (χ2v) is 7.40. The summed E-state index contributed by atoms with van der Waals surface area (Å²) in [6.45, 7) is 1.81. The van der Waals surface area contributed by atoms with E-state index in [2.05, 4.69) is 21.7 Å². The molecule has 0 bridgehead atoms. The zero-order valence-electron chi connectivity index (χ0n) is 11.6. The molecule has 3 nitrogen and oxygen atoms in total. The summed E-state index contributed by atoms with van der Waals surface area (Å²) in [6.07, 6.45) is 3.29. The first-order valence-electron chi connectivity index (χ1n) is 6.93. The molecular formula is C14H21ClN2OS2. The molecule has 1 fully saturated rings. The van der Waals surface area contributed by atoms with Crippen LogP contribution in [0.2, 0.25) is 0 Å². The summed E-state index contributed by atoms with van der Waals surface area (Å²) in [4.78, 5) is 16.2. The number of likely N-dealkylation sites (tertiary alicyclic amines) is 1. The van der Waals surface area contributed by atoms with Crippen molar-refractivity contribution < 1.29 is 4.79 Å². The third-order valence-corrected chi connectivity index (χ3v) is 6.34. The minimum atomic E-state index is 0. The van der Waals surface area contributed by atoms with E-state index in [9.17, 15) is 4.79 Å². The molecule has 0 saturated carbocycles. The number of piperidine rings is 1. The van der Waals surface area contributed by atoms with Crippen LogP contribution in [0.15, 0.2) is 11.4 Å². The summed E-state index contributed by atoms with van der Waals surface area (Å²) in [5, 5.41) is 5.50. The molecule has 2 aliphatic rings. The summed E-state index contributed by atoms with van der Waals surface area (Å²) in [5.41, 5.74) is 1.28. The van der Waals surface area contributed by atoms with Gasteiger partial charge in [0.25, 0.3) is 0 Å². The molecule has 0 spiro atoms. The fourth-order valence-electron chi connectivity index (χ4n) is 2.91. The SMILES string of the molecule is CNC1CCN(C(=O)C2SCCc3sccc32)CC1.Cl. The van der Waals surface area contributed by atoms with Crippen molar-refractivity contribution in [1.29, 1.82) is 0 Å². The number of aryl methyl sites for hydroxylation is 1. The maximum atomic E-state index is 12.7. The summed E-state index contributed by atoms with van der Waals surface area (Å²) >= 11 is 3.62. The molecular weight excluding hydrogens is 312 g/mol. The fraction of sp³-hybridized carbons (Fsp3) is 0.643. The van der Waals surface area contributed by atoms with Crippen LogP contribution in [0, 0.1) is 0 Å². The topological polar surface area (TPSA) is 32.3 Å². The van der Waals surface area contributed by atoms with Crippen molar-refractivity contribution in [1.82, 2.24) is 10.2 Å². The van der Waals surface area contributed by atoms with Gasteiger partial charge in [-0.05, 0) is 49.1 Å². The van der Waals surface area contributed by atoms with Crippen LogP contribution >= 0.6 is 35.5 Å². The van der Waals surface area contributed by atoms with Gasteiger partial charge in [-0.15, -0.1) is 35.5 Å². The second kappa shape index (κ2) is 7.16. The highest BCUT2D eigenvalue weighted by Gasteiger charge is 2.32. The van der Waals surface area contributed by atoms with E-state index in [1.807, 2.05) is 18.8 Å². The van der Waals surface area contributed by atoms with Crippen LogP contribution < -0.4 is 5.32 Å². The highest BCUT2D eigenvalue weighted by atomic mass is 35.5. The van der Waals surface area contributed by atoms with Crippen LogP contribution in [-0.4, -0.2) is 42.7 Å². The van der Waals surface area contributed by atoms with E-state index in [1.54, 1.807) is 11.3 Å². The van der Waals surface area contributed by atoms with E-state index in [0.29, 0.717) is 11.9 Å². The van der Waals surface area contributed by atoms with Gasteiger partial charge in [0, 0.05) is 24.0 Å². The number of amides is 1. The quantitative estimate of drug-likeness (QED) is 0.903. The number of halogens is 1. The van der Waals surface area contributed by atoms with Crippen LogP contribution in [-0.2, 0) is 11.2 Å². The number of nitrogens with zero attached hydrogens (tertiary/aromatic N) is 1. The molecule has 1 atom stereocenters. The van der Waals surface area contributed by atoms with E-state index < -0.39 is 0 Å². The van der Waals surface area contributed by atoms with Gasteiger partial charge in [-0.2, -0.15) is 0 Å². The molecule has 1 aromatic heterocycles. The minimum absolute atomic E-state index is 0. The molecule has 6 heteroatoms. The molecule has 3 heterocycles. The molecule has 112 valence electrons. The van der Waals surface area contributed by atoms with Gasteiger partial charge in [0.1, 0.15) is 5.25 Å². The van der Waals surface area contributed by atoms with Gasteiger partial charge in [-0.3, -0.25) is 4.79 Å². The number of carbonyl (C=O) groups excluding carboxylic acids is 1. The summed E-state index contributed by atoms with van der Waals surface area (Å²) in [5.74, 6) is 1.41. The van der Waals surface area contributed by atoms with E-state index in [0.717, 1.165) is 38.1 Å². The largest absolute Gasteiger partial charge is 0.341 e. The molecule has 0 aromatic carbocycles. The molecule has 1 unspecified atom stereocenters. The zero-order valence-corrected chi connectivity index (χ0v) is 14.1. The van der Waals surface area contributed by atoms with E-state index >= 15 is 0 Å². The van der Waals surface area contributed by atoms with Crippen molar-refractivity contribution in [3.8, 4) is 0 Å². The van der Waals surface area contributed by atoms with E-state index in [1.165, 1.54) is 10.4 Å². The normalized spacial score (nSPS) is 23.1. The Balaban J connectivity index is 0.00000147. The van der Waals surface area contributed by atoms with Crippen LogP contribution in [0.1, 0.15) is 28.5 Å². The van der Waals surface area contributed by atoms with Crippen molar-refractivity contribution in [2.75, 3.05) is 25.9 Å². The average molecular weight is 333 g/mol. The van der Waals surface area contributed by atoms with Gasteiger partial charge in [0.2, 0.25) is 5.91 Å². The summed E-state index contributed by atoms with van der Waals surface area (Å²) in [6, 6.07) is 2.73. The summed E-state index contributed by atoms with van der Waals surface area (Å²) in [7, 11) is 2.01. The highest BCUT2D eigenvalue weighted by molar-refractivity contribution is 8.00. The molecule has 1 saturated heterocycles. The lowest BCUT2D eigenvalue weighted by Crippen LogP contribution is -2.45. The first-order chi connectivity index (χ1) is 9.29. The van der Waals surface area contributed by atoms with Crippen LogP contribution in [0.5, 0.6) is 0 Å². The van der Waals surface area contributed by atoms with Crippen LogP contribution in [0.3, 0.4) is 0 Å². The molecule has 0 aliphatic carbocycles. The van der Waals surface area contributed by atoms with Crippen molar-refractivity contribution in [2.45, 2.75) is 30.6 Å². The number of rotatable bonds is 2.